The Morgan fingerprint density at radius 1 is 0.676 bits per heavy atom. The van der Waals surface area contributed by atoms with E-state index in [0.717, 1.165) is 37.0 Å². The van der Waals surface area contributed by atoms with E-state index in [-0.39, 0.29) is 16.7 Å². The largest absolute Gasteiger partial charge is 0.422 e. The monoisotopic (exact) mass is 476 g/mol. The number of hydrogen-bond acceptors (Lipinski definition) is 0. The topological polar surface area (TPSA) is 0 Å². The molecule has 0 atom stereocenters. The Morgan fingerprint density at radius 2 is 1.32 bits per heavy atom. The molecular formula is C27H19F7. The van der Waals surface area contributed by atoms with Gasteiger partial charge in [0.25, 0.3) is 0 Å². The minimum atomic E-state index is -5.22. The quantitative estimate of drug-likeness (QED) is 0.252. The van der Waals surface area contributed by atoms with Crippen LogP contribution in [0.25, 0.3) is 33.0 Å². The molecule has 34 heavy (non-hydrogen) atoms. The van der Waals surface area contributed by atoms with Crippen LogP contribution in [0.5, 0.6) is 0 Å². The number of hydrogen-bond donors (Lipinski definition) is 0. The van der Waals surface area contributed by atoms with Crippen molar-refractivity contribution < 1.29 is 30.7 Å². The van der Waals surface area contributed by atoms with Gasteiger partial charge in [0.05, 0.1) is 0 Å². The highest BCUT2D eigenvalue weighted by Crippen LogP contribution is 2.37. The van der Waals surface area contributed by atoms with Crippen molar-refractivity contribution in [3.8, 4) is 22.3 Å². The van der Waals surface area contributed by atoms with Crippen LogP contribution in [0.15, 0.2) is 60.7 Å². The summed E-state index contributed by atoms with van der Waals surface area (Å²) < 4.78 is 96.3. The molecule has 4 aromatic rings. The molecule has 0 bridgehead atoms. The maximum Gasteiger partial charge on any atom is 0.422 e. The minimum absolute atomic E-state index is 0.129. The first-order valence-electron chi connectivity index (χ1n) is 10.7. The smallest absolute Gasteiger partial charge is 0.206 e. The van der Waals surface area contributed by atoms with Crippen LogP contribution < -0.4 is 0 Å². The molecule has 0 saturated carbocycles. The second-order valence-electron chi connectivity index (χ2n) is 8.09. The van der Waals surface area contributed by atoms with Crippen LogP contribution in [-0.2, 0) is 12.6 Å². The van der Waals surface area contributed by atoms with Crippen LogP contribution in [0.1, 0.15) is 30.9 Å². The highest BCUT2D eigenvalue weighted by atomic mass is 19.4. The Balaban J connectivity index is 1.72. The Kier molecular flexibility index (Phi) is 6.39. The molecular weight excluding hydrogens is 457 g/mol. The van der Waals surface area contributed by atoms with Crippen LogP contribution in [0.2, 0.25) is 0 Å². The third-order valence-corrected chi connectivity index (χ3v) is 5.75. The lowest BCUT2D eigenvalue weighted by Crippen LogP contribution is -2.11. The van der Waals surface area contributed by atoms with Gasteiger partial charge in [-0.25, -0.2) is 17.6 Å². The van der Waals surface area contributed by atoms with Gasteiger partial charge in [-0.1, -0.05) is 55.8 Å². The normalized spacial score (nSPS) is 11.9. The van der Waals surface area contributed by atoms with Crippen LogP contribution in [0, 0.1) is 23.3 Å². The van der Waals surface area contributed by atoms with Gasteiger partial charge in [-0.2, -0.15) is 13.2 Å². The van der Waals surface area contributed by atoms with E-state index in [1.165, 1.54) is 12.1 Å². The fourth-order valence-electron chi connectivity index (χ4n) is 4.02. The van der Waals surface area contributed by atoms with Crippen LogP contribution >= 0.6 is 0 Å². The SMILES string of the molecule is CCCCc1ccc2c(F)c(-c3ccc(-c4cc(F)c(C(F)(F)F)c(F)c4)c(F)c3)ccc2c1. The van der Waals surface area contributed by atoms with Crippen LogP contribution in [0.3, 0.4) is 0 Å². The Labute approximate surface area is 191 Å². The second-order valence-corrected chi connectivity index (χ2v) is 8.09. The average Bonchev–Trinajstić information content (AvgIpc) is 2.76. The Bertz CT molecular complexity index is 1350. The average molecular weight is 476 g/mol. The summed E-state index contributed by atoms with van der Waals surface area (Å²) in [5.41, 5.74) is -1.34. The van der Waals surface area contributed by atoms with Crippen molar-refractivity contribution in [1.29, 1.82) is 0 Å². The molecule has 0 aromatic heterocycles. The van der Waals surface area contributed by atoms with Crippen molar-refractivity contribution in [3.05, 3.63) is 95.1 Å². The first kappa shape index (κ1) is 23.8. The van der Waals surface area contributed by atoms with E-state index in [2.05, 4.69) is 6.92 Å². The van der Waals surface area contributed by atoms with Gasteiger partial charge < -0.3 is 0 Å². The Hall–Kier alpha value is -3.35. The molecule has 0 aliphatic heterocycles. The summed E-state index contributed by atoms with van der Waals surface area (Å²) in [6.07, 6.45) is -2.28. The molecule has 0 spiro atoms. The molecule has 0 heterocycles. The van der Waals surface area contributed by atoms with Crippen molar-refractivity contribution in [2.45, 2.75) is 32.4 Å². The number of unbranched alkanes of at least 4 members (excludes halogenated alkanes) is 1. The molecule has 0 aliphatic carbocycles. The number of aryl methyl sites for hydroxylation is 1. The predicted octanol–water partition coefficient (Wildman–Crippen LogP) is 9.09. The summed E-state index contributed by atoms with van der Waals surface area (Å²) >= 11 is 0. The van der Waals surface area contributed by atoms with Gasteiger partial charge in [0, 0.05) is 16.5 Å². The van der Waals surface area contributed by atoms with Gasteiger partial charge in [-0.15, -0.1) is 0 Å². The van der Waals surface area contributed by atoms with Gasteiger partial charge in [0.2, 0.25) is 0 Å². The molecule has 176 valence electrons. The van der Waals surface area contributed by atoms with E-state index in [0.29, 0.717) is 22.9 Å². The number of halogens is 7. The second kappa shape index (κ2) is 9.12. The summed E-state index contributed by atoms with van der Waals surface area (Å²) in [5, 5.41) is 1.08. The molecule has 0 amide bonds. The molecule has 0 fully saturated rings. The van der Waals surface area contributed by atoms with Gasteiger partial charge in [0.1, 0.15) is 28.8 Å². The van der Waals surface area contributed by atoms with E-state index in [4.69, 9.17) is 0 Å². The molecule has 0 aliphatic rings. The zero-order chi connectivity index (χ0) is 24.6. The zero-order valence-corrected chi connectivity index (χ0v) is 18.0. The standard InChI is InChI=1S/C27H19F7/c1-2-3-4-15-5-8-20-16(11-15)7-10-21(26(20)31)17-6-9-19(22(28)12-17)18-13-23(29)25(24(30)14-18)27(32,33)34/h5-14H,2-4H2,1H3. The highest BCUT2D eigenvalue weighted by molar-refractivity contribution is 5.89. The fraction of sp³-hybridized carbons (Fsp3) is 0.185. The molecule has 0 radical (unpaired) electrons. The summed E-state index contributed by atoms with van der Waals surface area (Å²) in [6.45, 7) is 2.09. The lowest BCUT2D eigenvalue weighted by molar-refractivity contribution is -0.142. The maximum atomic E-state index is 15.2. The molecule has 7 heteroatoms. The van der Waals surface area contributed by atoms with Crippen LogP contribution in [-0.4, -0.2) is 0 Å². The summed E-state index contributed by atoms with van der Waals surface area (Å²) in [7, 11) is 0. The fourth-order valence-corrected chi connectivity index (χ4v) is 4.02. The lowest BCUT2D eigenvalue weighted by atomic mass is 9.95. The van der Waals surface area contributed by atoms with Crippen LogP contribution in [0.4, 0.5) is 30.7 Å². The highest BCUT2D eigenvalue weighted by Gasteiger charge is 2.38. The van der Waals surface area contributed by atoms with Crippen molar-refractivity contribution in [2.75, 3.05) is 0 Å². The van der Waals surface area contributed by atoms with E-state index < -0.39 is 40.6 Å². The summed E-state index contributed by atoms with van der Waals surface area (Å²) in [4.78, 5) is 0. The molecule has 0 N–H and O–H groups in total. The number of fused-ring (bicyclic) bond motifs is 1. The van der Waals surface area contributed by atoms with E-state index in [1.54, 1.807) is 12.1 Å². The van der Waals surface area contributed by atoms with Gasteiger partial charge >= 0.3 is 6.18 Å². The maximum absolute atomic E-state index is 15.2. The lowest BCUT2D eigenvalue weighted by Gasteiger charge is -2.13. The van der Waals surface area contributed by atoms with Crippen molar-refractivity contribution in [1.82, 2.24) is 0 Å². The predicted molar refractivity (Wildman–Crippen MR) is 118 cm³/mol. The Morgan fingerprint density at radius 3 is 1.94 bits per heavy atom. The third kappa shape index (κ3) is 4.52. The first-order valence-corrected chi connectivity index (χ1v) is 10.7. The molecule has 0 unspecified atom stereocenters. The summed E-state index contributed by atoms with van der Waals surface area (Å²) in [6, 6.07) is 13.0. The van der Waals surface area contributed by atoms with E-state index in [1.807, 2.05) is 12.1 Å². The van der Waals surface area contributed by atoms with Crippen molar-refractivity contribution >= 4 is 10.8 Å². The van der Waals surface area contributed by atoms with Gasteiger partial charge in [0.15, 0.2) is 0 Å². The number of rotatable bonds is 5. The number of benzene rings is 4. The van der Waals surface area contributed by atoms with Gasteiger partial charge in [-0.05, 0) is 53.1 Å². The molecule has 4 aromatic carbocycles. The molecule has 0 saturated heterocycles. The van der Waals surface area contributed by atoms with Crippen molar-refractivity contribution in [3.63, 3.8) is 0 Å². The molecule has 0 nitrogen and oxygen atoms in total. The van der Waals surface area contributed by atoms with Gasteiger partial charge in [-0.3, -0.25) is 0 Å². The van der Waals surface area contributed by atoms with E-state index in [9.17, 15) is 26.3 Å². The third-order valence-electron chi connectivity index (χ3n) is 5.75. The molecule has 4 rings (SSSR count). The zero-order valence-electron chi connectivity index (χ0n) is 18.0. The minimum Gasteiger partial charge on any atom is -0.206 e. The number of alkyl halides is 3. The summed E-state index contributed by atoms with van der Waals surface area (Å²) in [5.74, 6) is -5.18. The van der Waals surface area contributed by atoms with Crippen molar-refractivity contribution in [2.24, 2.45) is 0 Å². The van der Waals surface area contributed by atoms with E-state index >= 15 is 4.39 Å². The first-order chi connectivity index (χ1) is 16.1.